The Balaban J connectivity index is 1.85. The molecule has 1 aliphatic rings. The van der Waals surface area contributed by atoms with Gasteiger partial charge in [-0.1, -0.05) is 19.9 Å². The van der Waals surface area contributed by atoms with E-state index in [0.717, 1.165) is 63.8 Å². The third-order valence-corrected chi connectivity index (χ3v) is 4.59. The highest BCUT2D eigenvalue weighted by atomic mass is 16.5. The number of hydrogen-bond acceptors (Lipinski definition) is 5. The lowest BCUT2D eigenvalue weighted by Gasteiger charge is -2.34. The van der Waals surface area contributed by atoms with Crippen LogP contribution in [0.5, 0.6) is 11.5 Å². The van der Waals surface area contributed by atoms with Gasteiger partial charge in [-0.25, -0.2) is 0 Å². The van der Waals surface area contributed by atoms with Crippen LogP contribution in [0, 0.1) is 17.2 Å². The van der Waals surface area contributed by atoms with Crippen molar-refractivity contribution >= 4 is 0 Å². The summed E-state index contributed by atoms with van der Waals surface area (Å²) in [6.45, 7) is 11.1. The summed E-state index contributed by atoms with van der Waals surface area (Å²) in [6, 6.07) is 8.47. The van der Waals surface area contributed by atoms with E-state index >= 15 is 0 Å². The Morgan fingerprint density at radius 2 is 1.84 bits per heavy atom. The molecule has 0 bridgehead atoms. The molecule has 0 unspecified atom stereocenters. The number of methoxy groups -OCH3 is 1. The van der Waals surface area contributed by atoms with E-state index in [1.165, 1.54) is 5.56 Å². The van der Waals surface area contributed by atoms with E-state index in [9.17, 15) is 0 Å². The molecule has 5 heteroatoms. The fraction of sp³-hybridized carbons (Fsp3) is 0.650. The molecule has 138 valence electrons. The molecule has 0 atom stereocenters. The quantitative estimate of drug-likeness (QED) is 0.688. The molecule has 1 aromatic rings. The van der Waals surface area contributed by atoms with Crippen LogP contribution in [0.25, 0.3) is 0 Å². The Hall–Kier alpha value is -1.77. The molecule has 0 aliphatic carbocycles. The molecule has 0 aromatic heterocycles. The highest BCUT2D eigenvalue weighted by Crippen LogP contribution is 2.29. The zero-order valence-corrected chi connectivity index (χ0v) is 15.8. The molecule has 0 radical (unpaired) electrons. The fourth-order valence-corrected chi connectivity index (χ4v) is 2.97. The van der Waals surface area contributed by atoms with Crippen molar-refractivity contribution in [2.75, 3.05) is 46.4 Å². The summed E-state index contributed by atoms with van der Waals surface area (Å²) in [4.78, 5) is 4.82. The molecular formula is C20H31N3O2. The van der Waals surface area contributed by atoms with Crippen molar-refractivity contribution in [2.45, 2.75) is 33.2 Å². The van der Waals surface area contributed by atoms with Crippen LogP contribution in [-0.4, -0.2) is 56.2 Å². The standard InChI is InChI=1S/C20H31N3O2/c1-17(2)7-14-25-19-6-5-18(15-20(19)24-3)16-23-12-10-22(11-13-23)9-4-8-21/h5-6,15,17H,4,7,9-14,16H2,1-3H3. The van der Waals surface area contributed by atoms with Crippen molar-refractivity contribution < 1.29 is 9.47 Å². The average molecular weight is 345 g/mol. The van der Waals surface area contributed by atoms with E-state index in [0.29, 0.717) is 12.3 Å². The van der Waals surface area contributed by atoms with E-state index in [-0.39, 0.29) is 0 Å². The van der Waals surface area contributed by atoms with Crippen LogP contribution in [0.1, 0.15) is 32.3 Å². The predicted octanol–water partition coefficient (Wildman–Crippen LogP) is 3.15. The molecule has 2 rings (SSSR count). The van der Waals surface area contributed by atoms with Gasteiger partial charge in [0.15, 0.2) is 11.5 Å². The van der Waals surface area contributed by atoms with Crippen LogP contribution < -0.4 is 9.47 Å². The predicted molar refractivity (Wildman–Crippen MR) is 99.9 cm³/mol. The van der Waals surface area contributed by atoms with Crippen LogP contribution in [0.4, 0.5) is 0 Å². The minimum atomic E-state index is 0.621. The van der Waals surface area contributed by atoms with Crippen LogP contribution in [0.3, 0.4) is 0 Å². The third kappa shape index (κ3) is 6.56. The highest BCUT2D eigenvalue weighted by molar-refractivity contribution is 5.43. The second-order valence-corrected chi connectivity index (χ2v) is 7.04. The van der Waals surface area contributed by atoms with E-state index in [4.69, 9.17) is 14.7 Å². The Bertz CT molecular complexity index is 561. The van der Waals surface area contributed by atoms with E-state index < -0.39 is 0 Å². The minimum absolute atomic E-state index is 0.621. The van der Waals surface area contributed by atoms with E-state index in [1.807, 2.05) is 6.07 Å². The Labute approximate surface area is 152 Å². The molecule has 0 saturated carbocycles. The van der Waals surface area contributed by atoms with Gasteiger partial charge in [-0.05, 0) is 30.0 Å². The van der Waals surface area contributed by atoms with Gasteiger partial charge in [-0.3, -0.25) is 9.80 Å². The van der Waals surface area contributed by atoms with Gasteiger partial charge in [0.2, 0.25) is 0 Å². The van der Waals surface area contributed by atoms with Crippen molar-refractivity contribution in [1.29, 1.82) is 5.26 Å². The molecule has 1 saturated heterocycles. The van der Waals surface area contributed by atoms with Gasteiger partial charge in [0.1, 0.15) is 0 Å². The summed E-state index contributed by atoms with van der Waals surface area (Å²) < 4.78 is 11.4. The number of piperazine rings is 1. The first kappa shape index (κ1) is 19.6. The van der Waals surface area contributed by atoms with Crippen molar-refractivity contribution in [3.05, 3.63) is 23.8 Å². The number of nitriles is 1. The summed E-state index contributed by atoms with van der Waals surface area (Å²) in [6.07, 6.45) is 1.66. The van der Waals surface area contributed by atoms with E-state index in [1.54, 1.807) is 7.11 Å². The summed E-state index contributed by atoms with van der Waals surface area (Å²) in [5.74, 6) is 2.28. The molecule has 5 nitrogen and oxygen atoms in total. The number of ether oxygens (including phenoxy) is 2. The van der Waals surface area contributed by atoms with Gasteiger partial charge in [-0.2, -0.15) is 5.26 Å². The number of hydrogen-bond donors (Lipinski definition) is 0. The zero-order valence-electron chi connectivity index (χ0n) is 15.8. The molecular weight excluding hydrogens is 314 g/mol. The first-order chi connectivity index (χ1) is 12.1. The van der Waals surface area contributed by atoms with Crippen LogP contribution in [-0.2, 0) is 6.54 Å². The van der Waals surface area contributed by atoms with Crippen LogP contribution in [0.2, 0.25) is 0 Å². The monoisotopic (exact) mass is 345 g/mol. The molecule has 1 aliphatic heterocycles. The van der Waals surface area contributed by atoms with Gasteiger partial charge in [0, 0.05) is 45.7 Å². The second kappa shape index (κ2) is 10.3. The summed E-state index contributed by atoms with van der Waals surface area (Å²) >= 11 is 0. The lowest BCUT2D eigenvalue weighted by atomic mass is 10.1. The lowest BCUT2D eigenvalue weighted by molar-refractivity contribution is 0.129. The summed E-state index contributed by atoms with van der Waals surface area (Å²) in [5.41, 5.74) is 1.25. The van der Waals surface area contributed by atoms with Gasteiger partial charge < -0.3 is 9.47 Å². The normalized spacial score (nSPS) is 16.0. The fourth-order valence-electron chi connectivity index (χ4n) is 2.97. The topological polar surface area (TPSA) is 48.7 Å². The minimum Gasteiger partial charge on any atom is -0.493 e. The molecule has 1 heterocycles. The summed E-state index contributed by atoms with van der Waals surface area (Å²) in [5, 5.41) is 8.69. The number of nitrogens with zero attached hydrogens (tertiary/aromatic N) is 3. The van der Waals surface area contributed by atoms with E-state index in [2.05, 4.69) is 41.8 Å². The van der Waals surface area contributed by atoms with Gasteiger partial charge >= 0.3 is 0 Å². The molecule has 1 aromatic carbocycles. The van der Waals surface area contributed by atoms with Crippen molar-refractivity contribution in [3.63, 3.8) is 0 Å². The molecule has 25 heavy (non-hydrogen) atoms. The maximum atomic E-state index is 8.69. The van der Waals surface area contributed by atoms with Crippen molar-refractivity contribution in [1.82, 2.24) is 9.80 Å². The van der Waals surface area contributed by atoms with Crippen molar-refractivity contribution in [2.24, 2.45) is 5.92 Å². The van der Waals surface area contributed by atoms with Crippen LogP contribution >= 0.6 is 0 Å². The second-order valence-electron chi connectivity index (χ2n) is 7.04. The summed E-state index contributed by atoms with van der Waals surface area (Å²) in [7, 11) is 1.70. The SMILES string of the molecule is COc1cc(CN2CCN(CCC#N)CC2)ccc1OCCC(C)C. The average Bonchev–Trinajstić information content (AvgIpc) is 2.62. The van der Waals surface area contributed by atoms with Crippen LogP contribution in [0.15, 0.2) is 18.2 Å². The lowest BCUT2D eigenvalue weighted by Crippen LogP contribution is -2.46. The highest BCUT2D eigenvalue weighted by Gasteiger charge is 2.17. The van der Waals surface area contributed by atoms with Crippen molar-refractivity contribution in [3.8, 4) is 17.6 Å². The van der Waals surface area contributed by atoms with Gasteiger partial charge in [-0.15, -0.1) is 0 Å². The smallest absolute Gasteiger partial charge is 0.161 e. The Kier molecular flexibility index (Phi) is 8.03. The molecule has 0 N–H and O–H groups in total. The van der Waals surface area contributed by atoms with Gasteiger partial charge in [0.05, 0.1) is 19.8 Å². The Morgan fingerprint density at radius 3 is 2.48 bits per heavy atom. The number of benzene rings is 1. The largest absolute Gasteiger partial charge is 0.493 e. The maximum Gasteiger partial charge on any atom is 0.161 e. The Morgan fingerprint density at radius 1 is 1.12 bits per heavy atom. The number of rotatable bonds is 9. The third-order valence-electron chi connectivity index (χ3n) is 4.59. The maximum absolute atomic E-state index is 8.69. The molecule has 1 fully saturated rings. The zero-order chi connectivity index (χ0) is 18.1. The first-order valence-corrected chi connectivity index (χ1v) is 9.23. The molecule has 0 amide bonds. The first-order valence-electron chi connectivity index (χ1n) is 9.23. The van der Waals surface area contributed by atoms with Gasteiger partial charge in [0.25, 0.3) is 0 Å². The molecule has 0 spiro atoms.